The fourth-order valence-electron chi connectivity index (χ4n) is 4.15. The number of piperidine rings is 1. The van der Waals surface area contributed by atoms with Crippen molar-refractivity contribution in [3.05, 3.63) is 107 Å². The molecule has 28 heavy (non-hydrogen) atoms. The Morgan fingerprint density at radius 1 is 0.786 bits per heavy atom. The summed E-state index contributed by atoms with van der Waals surface area (Å²) in [6.07, 6.45) is 1.79. The van der Waals surface area contributed by atoms with Gasteiger partial charge in [0.1, 0.15) is 0 Å². The molecule has 1 heterocycles. The quantitative estimate of drug-likeness (QED) is 0.497. The number of benzene rings is 3. The molecule has 0 amide bonds. The highest BCUT2D eigenvalue weighted by molar-refractivity contribution is 6.30. The summed E-state index contributed by atoms with van der Waals surface area (Å²) >= 11 is 6.11. The summed E-state index contributed by atoms with van der Waals surface area (Å²) in [7, 11) is 0. The number of carbonyl (C=O) groups is 1. The normalized spacial score (nSPS) is 16.6. The van der Waals surface area contributed by atoms with Crippen LogP contribution < -0.4 is 0 Å². The van der Waals surface area contributed by atoms with Gasteiger partial charge < -0.3 is 0 Å². The molecule has 3 heteroatoms. The molecule has 0 saturated carbocycles. The lowest BCUT2D eigenvalue weighted by Crippen LogP contribution is -2.39. The minimum absolute atomic E-state index is 0.111. The number of likely N-dealkylation sites (tertiary alicyclic amines) is 1. The average Bonchev–Trinajstić information content (AvgIpc) is 2.77. The number of rotatable bonds is 5. The Hall–Kier alpha value is -2.42. The van der Waals surface area contributed by atoms with E-state index in [4.69, 9.17) is 11.6 Å². The van der Waals surface area contributed by atoms with Gasteiger partial charge in [0.05, 0.1) is 6.04 Å². The zero-order valence-electron chi connectivity index (χ0n) is 15.8. The molecule has 1 aliphatic heterocycles. The number of halogens is 1. The van der Waals surface area contributed by atoms with Crippen molar-refractivity contribution in [2.24, 2.45) is 5.92 Å². The van der Waals surface area contributed by atoms with E-state index >= 15 is 0 Å². The fraction of sp³-hybridized carbons (Fsp3) is 0.240. The van der Waals surface area contributed by atoms with Gasteiger partial charge in [-0.25, -0.2) is 0 Å². The lowest BCUT2D eigenvalue weighted by molar-refractivity contribution is 0.0813. The number of hydrogen-bond acceptors (Lipinski definition) is 2. The van der Waals surface area contributed by atoms with Crippen LogP contribution in [-0.2, 0) is 0 Å². The monoisotopic (exact) mass is 389 g/mol. The van der Waals surface area contributed by atoms with Crippen LogP contribution in [0.2, 0.25) is 5.02 Å². The minimum Gasteiger partial charge on any atom is -0.294 e. The number of carbonyl (C=O) groups excluding carboxylic acids is 1. The van der Waals surface area contributed by atoms with Crippen LogP contribution in [0.3, 0.4) is 0 Å². The smallest absolute Gasteiger partial charge is 0.166 e. The van der Waals surface area contributed by atoms with E-state index in [1.54, 1.807) is 0 Å². The Morgan fingerprint density at radius 3 is 1.93 bits per heavy atom. The summed E-state index contributed by atoms with van der Waals surface area (Å²) in [6, 6.07) is 28.6. The van der Waals surface area contributed by atoms with Crippen molar-refractivity contribution in [1.29, 1.82) is 0 Å². The molecule has 1 atom stereocenters. The van der Waals surface area contributed by atoms with E-state index in [2.05, 4.69) is 41.3 Å². The molecule has 0 spiro atoms. The minimum atomic E-state index is 0.111. The van der Waals surface area contributed by atoms with Crippen molar-refractivity contribution in [2.75, 3.05) is 13.1 Å². The van der Waals surface area contributed by atoms with E-state index in [0.29, 0.717) is 0 Å². The van der Waals surface area contributed by atoms with Crippen molar-refractivity contribution < 1.29 is 4.79 Å². The van der Waals surface area contributed by atoms with Crippen LogP contribution in [0.15, 0.2) is 84.9 Å². The van der Waals surface area contributed by atoms with Gasteiger partial charge in [0.25, 0.3) is 0 Å². The topological polar surface area (TPSA) is 20.3 Å². The maximum Gasteiger partial charge on any atom is 0.166 e. The van der Waals surface area contributed by atoms with Crippen molar-refractivity contribution in [1.82, 2.24) is 4.90 Å². The lowest BCUT2D eigenvalue weighted by Gasteiger charge is -2.37. The first kappa shape index (κ1) is 18.9. The standard InChI is InChI=1S/C25H24ClNO/c26-23-13-11-20(12-14-23)24(19-7-3-1-4-8-19)27-17-15-22(16-18-27)25(28)21-9-5-2-6-10-21/h1-14,22,24H,15-18H2. The SMILES string of the molecule is O=C(c1ccccc1)C1CCN(C(c2ccccc2)c2ccc(Cl)cc2)CC1. The molecule has 142 valence electrons. The summed E-state index contributed by atoms with van der Waals surface area (Å²) in [5.74, 6) is 0.392. The number of nitrogens with zero attached hydrogens (tertiary/aromatic N) is 1. The third kappa shape index (κ3) is 4.19. The van der Waals surface area contributed by atoms with E-state index in [1.807, 2.05) is 48.5 Å². The largest absolute Gasteiger partial charge is 0.294 e. The van der Waals surface area contributed by atoms with Gasteiger partial charge in [-0.2, -0.15) is 0 Å². The second-order valence-corrected chi connectivity index (χ2v) is 7.84. The predicted molar refractivity (Wildman–Crippen MR) is 115 cm³/mol. The molecule has 0 bridgehead atoms. The predicted octanol–water partition coefficient (Wildman–Crippen LogP) is 6.02. The van der Waals surface area contributed by atoms with E-state index in [1.165, 1.54) is 11.1 Å². The first-order valence-electron chi connectivity index (χ1n) is 9.86. The summed E-state index contributed by atoms with van der Waals surface area (Å²) in [5, 5.41) is 0.753. The average molecular weight is 390 g/mol. The number of hydrogen-bond donors (Lipinski definition) is 0. The fourth-order valence-corrected chi connectivity index (χ4v) is 4.28. The zero-order valence-corrected chi connectivity index (χ0v) is 16.6. The van der Waals surface area contributed by atoms with Crippen molar-refractivity contribution in [3.63, 3.8) is 0 Å². The maximum atomic E-state index is 12.8. The highest BCUT2D eigenvalue weighted by Crippen LogP contribution is 2.33. The van der Waals surface area contributed by atoms with Crippen LogP contribution in [0, 0.1) is 5.92 Å². The van der Waals surface area contributed by atoms with Crippen molar-refractivity contribution in [3.8, 4) is 0 Å². The van der Waals surface area contributed by atoms with Gasteiger partial charge in [-0.1, -0.05) is 84.4 Å². The third-order valence-electron chi connectivity index (χ3n) is 5.62. The molecular formula is C25H24ClNO. The molecule has 3 aromatic carbocycles. The second kappa shape index (κ2) is 8.72. The Labute approximate surface area is 171 Å². The molecule has 1 unspecified atom stereocenters. The molecule has 1 aliphatic rings. The summed E-state index contributed by atoms with van der Waals surface area (Å²) < 4.78 is 0. The molecule has 4 rings (SSSR count). The molecule has 3 aromatic rings. The van der Waals surface area contributed by atoms with Gasteiger partial charge in [0.2, 0.25) is 0 Å². The first-order chi connectivity index (χ1) is 13.7. The van der Waals surface area contributed by atoms with Crippen molar-refractivity contribution >= 4 is 17.4 Å². The molecule has 0 radical (unpaired) electrons. The summed E-state index contributed by atoms with van der Waals surface area (Å²) in [6.45, 7) is 1.82. The van der Waals surface area contributed by atoms with Gasteiger partial charge in [-0.05, 0) is 49.2 Å². The number of Topliss-reactive ketones (excluding diaryl/α,β-unsaturated/α-hetero) is 1. The highest BCUT2D eigenvalue weighted by Gasteiger charge is 2.30. The Kier molecular flexibility index (Phi) is 5.90. The van der Waals surface area contributed by atoms with Crippen LogP contribution in [-0.4, -0.2) is 23.8 Å². The van der Waals surface area contributed by atoms with Crippen LogP contribution in [0.4, 0.5) is 0 Å². The highest BCUT2D eigenvalue weighted by atomic mass is 35.5. The third-order valence-corrected chi connectivity index (χ3v) is 5.88. The molecule has 2 nitrogen and oxygen atoms in total. The molecule has 0 aromatic heterocycles. The van der Waals surface area contributed by atoms with Crippen LogP contribution in [0.25, 0.3) is 0 Å². The van der Waals surface area contributed by atoms with Crippen LogP contribution in [0.1, 0.15) is 40.4 Å². The van der Waals surface area contributed by atoms with E-state index in [-0.39, 0.29) is 17.7 Å². The van der Waals surface area contributed by atoms with Crippen LogP contribution >= 0.6 is 11.6 Å². The van der Waals surface area contributed by atoms with Gasteiger partial charge in [0.15, 0.2) is 5.78 Å². The molecule has 0 aliphatic carbocycles. The van der Waals surface area contributed by atoms with Gasteiger partial charge in [0, 0.05) is 16.5 Å². The van der Waals surface area contributed by atoms with Gasteiger partial charge in [-0.15, -0.1) is 0 Å². The summed E-state index contributed by atoms with van der Waals surface area (Å²) in [5.41, 5.74) is 3.35. The Morgan fingerprint density at radius 2 is 1.32 bits per heavy atom. The Balaban J connectivity index is 1.53. The number of ketones is 1. The van der Waals surface area contributed by atoms with Gasteiger partial charge >= 0.3 is 0 Å². The van der Waals surface area contributed by atoms with Crippen LogP contribution in [0.5, 0.6) is 0 Å². The molecule has 1 saturated heterocycles. The molecule has 1 fully saturated rings. The molecular weight excluding hydrogens is 366 g/mol. The zero-order chi connectivity index (χ0) is 19.3. The van der Waals surface area contributed by atoms with E-state index < -0.39 is 0 Å². The Bertz CT molecular complexity index is 900. The summed E-state index contributed by atoms with van der Waals surface area (Å²) in [4.78, 5) is 15.3. The first-order valence-corrected chi connectivity index (χ1v) is 10.2. The van der Waals surface area contributed by atoms with E-state index in [0.717, 1.165) is 36.5 Å². The maximum absolute atomic E-state index is 12.8. The lowest BCUT2D eigenvalue weighted by atomic mass is 9.87. The molecule has 0 N–H and O–H groups in total. The van der Waals surface area contributed by atoms with Gasteiger partial charge in [-0.3, -0.25) is 9.69 Å². The second-order valence-electron chi connectivity index (χ2n) is 7.41. The van der Waals surface area contributed by atoms with Crippen molar-refractivity contribution in [2.45, 2.75) is 18.9 Å². The van der Waals surface area contributed by atoms with E-state index in [9.17, 15) is 4.79 Å².